The van der Waals surface area contributed by atoms with Crippen molar-refractivity contribution in [2.45, 2.75) is 45.2 Å². The molecule has 1 aromatic heterocycles. The molecule has 1 saturated carbocycles. The van der Waals surface area contributed by atoms with Crippen molar-refractivity contribution < 1.29 is 5.11 Å². The SMILES string of the molecule is CCCn1c(N)c(N(CCO)C2CCC2)c(=O)n(C)c1=O. The number of aromatic nitrogens is 2. The second-order valence-electron chi connectivity index (χ2n) is 5.53. The fourth-order valence-corrected chi connectivity index (χ4v) is 2.76. The first-order valence-corrected chi connectivity index (χ1v) is 7.49. The molecule has 0 unspecified atom stereocenters. The fraction of sp³-hybridized carbons (Fsp3) is 0.714. The summed E-state index contributed by atoms with van der Waals surface area (Å²) in [5, 5.41) is 9.28. The number of aliphatic hydroxyl groups excluding tert-OH is 1. The molecule has 0 spiro atoms. The Bertz CT molecular complexity index is 616. The molecule has 1 aromatic rings. The van der Waals surface area contributed by atoms with Gasteiger partial charge < -0.3 is 15.7 Å². The molecule has 0 bridgehead atoms. The number of nitrogen functional groups attached to an aromatic ring is 1. The van der Waals surface area contributed by atoms with E-state index in [1.807, 2.05) is 11.8 Å². The highest BCUT2D eigenvalue weighted by Crippen LogP contribution is 2.30. The standard InChI is InChI=1S/C14H24N4O3/c1-3-7-18-12(15)11(13(20)16(2)14(18)21)17(8-9-19)10-5-4-6-10/h10,19H,3-9,15H2,1-2H3. The minimum absolute atomic E-state index is 0.0496. The summed E-state index contributed by atoms with van der Waals surface area (Å²) in [5.41, 5.74) is 5.69. The molecule has 3 N–H and O–H groups in total. The number of rotatable bonds is 6. The van der Waals surface area contributed by atoms with Crippen LogP contribution in [0.4, 0.5) is 11.5 Å². The quantitative estimate of drug-likeness (QED) is 0.764. The van der Waals surface area contributed by atoms with Crippen LogP contribution in [-0.2, 0) is 13.6 Å². The number of nitrogens with zero attached hydrogens (tertiary/aromatic N) is 3. The lowest BCUT2D eigenvalue weighted by Gasteiger charge is -2.39. The van der Waals surface area contributed by atoms with Crippen molar-refractivity contribution in [3.8, 4) is 0 Å². The molecule has 7 heteroatoms. The Morgan fingerprint density at radius 3 is 2.52 bits per heavy atom. The Morgan fingerprint density at radius 1 is 1.38 bits per heavy atom. The lowest BCUT2D eigenvalue weighted by atomic mass is 9.91. The zero-order valence-electron chi connectivity index (χ0n) is 12.7. The average Bonchev–Trinajstić information content (AvgIpc) is 2.40. The molecule has 2 rings (SSSR count). The summed E-state index contributed by atoms with van der Waals surface area (Å²) in [6, 6.07) is 0.222. The Hall–Kier alpha value is -1.76. The predicted octanol–water partition coefficient (Wildman–Crippen LogP) is -0.110. The summed E-state index contributed by atoms with van der Waals surface area (Å²) in [6.45, 7) is 2.73. The number of hydrogen-bond acceptors (Lipinski definition) is 5. The molecule has 1 aliphatic rings. The highest BCUT2D eigenvalue weighted by molar-refractivity contribution is 5.63. The number of anilines is 2. The van der Waals surface area contributed by atoms with Crippen LogP contribution < -0.4 is 21.9 Å². The van der Waals surface area contributed by atoms with Crippen LogP contribution in [0.5, 0.6) is 0 Å². The summed E-state index contributed by atoms with van der Waals surface area (Å²) >= 11 is 0. The first-order valence-electron chi connectivity index (χ1n) is 7.49. The average molecular weight is 296 g/mol. The smallest absolute Gasteiger partial charge is 0.332 e. The molecule has 0 aliphatic heterocycles. The molecule has 0 saturated heterocycles. The van der Waals surface area contributed by atoms with Crippen molar-refractivity contribution in [3.63, 3.8) is 0 Å². The third-order valence-corrected chi connectivity index (χ3v) is 4.15. The monoisotopic (exact) mass is 296 g/mol. The van der Waals surface area contributed by atoms with Crippen molar-refractivity contribution in [3.05, 3.63) is 20.8 Å². The molecule has 1 heterocycles. The minimum Gasteiger partial charge on any atom is -0.395 e. The maximum atomic E-state index is 12.5. The zero-order chi connectivity index (χ0) is 15.6. The second kappa shape index (κ2) is 6.34. The molecule has 0 aromatic carbocycles. The van der Waals surface area contributed by atoms with E-state index in [0.29, 0.717) is 18.8 Å². The second-order valence-corrected chi connectivity index (χ2v) is 5.53. The van der Waals surface area contributed by atoms with Crippen molar-refractivity contribution in [1.29, 1.82) is 0 Å². The van der Waals surface area contributed by atoms with Gasteiger partial charge >= 0.3 is 5.69 Å². The molecule has 0 radical (unpaired) electrons. The van der Waals surface area contributed by atoms with Crippen LogP contribution in [0.2, 0.25) is 0 Å². The van der Waals surface area contributed by atoms with E-state index in [2.05, 4.69) is 0 Å². The molecule has 7 nitrogen and oxygen atoms in total. The van der Waals surface area contributed by atoms with Crippen LogP contribution in [0.1, 0.15) is 32.6 Å². The minimum atomic E-state index is -0.388. The molecule has 1 fully saturated rings. The third-order valence-electron chi connectivity index (χ3n) is 4.15. The fourth-order valence-electron chi connectivity index (χ4n) is 2.76. The van der Waals surface area contributed by atoms with E-state index in [4.69, 9.17) is 5.73 Å². The number of aliphatic hydroxyl groups is 1. The van der Waals surface area contributed by atoms with Gasteiger partial charge in [-0.1, -0.05) is 6.92 Å². The summed E-state index contributed by atoms with van der Waals surface area (Å²) in [7, 11) is 1.47. The van der Waals surface area contributed by atoms with Crippen LogP contribution in [-0.4, -0.2) is 33.4 Å². The van der Waals surface area contributed by atoms with Gasteiger partial charge in [0.15, 0.2) is 0 Å². The van der Waals surface area contributed by atoms with Crippen LogP contribution in [0.25, 0.3) is 0 Å². The van der Waals surface area contributed by atoms with Gasteiger partial charge in [0.2, 0.25) is 0 Å². The van der Waals surface area contributed by atoms with Gasteiger partial charge in [0, 0.05) is 26.2 Å². The van der Waals surface area contributed by atoms with Gasteiger partial charge in [0.1, 0.15) is 11.5 Å². The van der Waals surface area contributed by atoms with Gasteiger partial charge in [-0.25, -0.2) is 4.79 Å². The van der Waals surface area contributed by atoms with E-state index in [1.54, 1.807) is 0 Å². The first kappa shape index (κ1) is 15.6. The summed E-state index contributed by atoms with van der Waals surface area (Å²) < 4.78 is 2.55. The topological polar surface area (TPSA) is 93.5 Å². The van der Waals surface area contributed by atoms with Gasteiger partial charge in [-0.3, -0.25) is 13.9 Å². The lowest BCUT2D eigenvalue weighted by molar-refractivity contribution is 0.283. The Kier molecular flexibility index (Phi) is 4.72. The molecule has 0 amide bonds. The van der Waals surface area contributed by atoms with E-state index in [9.17, 15) is 14.7 Å². The third kappa shape index (κ3) is 2.70. The summed E-state index contributed by atoms with van der Waals surface area (Å²) in [6.07, 6.45) is 3.83. The summed E-state index contributed by atoms with van der Waals surface area (Å²) in [5.74, 6) is 0.213. The highest BCUT2D eigenvalue weighted by atomic mass is 16.3. The van der Waals surface area contributed by atoms with E-state index in [1.165, 1.54) is 11.6 Å². The summed E-state index contributed by atoms with van der Waals surface area (Å²) in [4.78, 5) is 26.5. The molecule has 21 heavy (non-hydrogen) atoms. The van der Waals surface area contributed by atoms with Gasteiger partial charge in [0.25, 0.3) is 5.56 Å². The van der Waals surface area contributed by atoms with Crippen molar-refractivity contribution in [2.75, 3.05) is 23.8 Å². The first-order chi connectivity index (χ1) is 10.0. The Balaban J connectivity index is 2.60. The van der Waals surface area contributed by atoms with Gasteiger partial charge in [-0.2, -0.15) is 0 Å². The molecule has 118 valence electrons. The van der Waals surface area contributed by atoms with Crippen LogP contribution in [0, 0.1) is 0 Å². The van der Waals surface area contributed by atoms with Crippen LogP contribution >= 0.6 is 0 Å². The van der Waals surface area contributed by atoms with Crippen LogP contribution in [0.15, 0.2) is 9.59 Å². The number of hydrogen-bond donors (Lipinski definition) is 2. The molecular weight excluding hydrogens is 272 g/mol. The maximum absolute atomic E-state index is 12.5. The van der Waals surface area contributed by atoms with Crippen molar-refractivity contribution in [1.82, 2.24) is 9.13 Å². The van der Waals surface area contributed by atoms with Crippen LogP contribution in [0.3, 0.4) is 0 Å². The van der Waals surface area contributed by atoms with E-state index in [0.717, 1.165) is 30.3 Å². The lowest BCUT2D eigenvalue weighted by Crippen LogP contribution is -2.49. The Labute approximate surface area is 123 Å². The largest absolute Gasteiger partial charge is 0.395 e. The molecular formula is C14H24N4O3. The van der Waals surface area contributed by atoms with Crippen molar-refractivity contribution in [2.24, 2.45) is 7.05 Å². The normalized spacial score (nSPS) is 15.0. The predicted molar refractivity (Wildman–Crippen MR) is 82.7 cm³/mol. The van der Waals surface area contributed by atoms with E-state index < -0.39 is 0 Å². The van der Waals surface area contributed by atoms with Gasteiger partial charge in [-0.05, 0) is 25.7 Å². The molecule has 0 atom stereocenters. The highest BCUT2D eigenvalue weighted by Gasteiger charge is 2.29. The molecule has 1 aliphatic carbocycles. The number of nitrogens with two attached hydrogens (primary N) is 1. The Morgan fingerprint density at radius 2 is 2.05 bits per heavy atom. The van der Waals surface area contributed by atoms with E-state index in [-0.39, 0.29) is 29.7 Å². The zero-order valence-corrected chi connectivity index (χ0v) is 12.7. The van der Waals surface area contributed by atoms with Crippen molar-refractivity contribution >= 4 is 11.5 Å². The van der Waals surface area contributed by atoms with E-state index >= 15 is 0 Å². The van der Waals surface area contributed by atoms with Gasteiger partial charge in [0.05, 0.1) is 6.61 Å². The van der Waals surface area contributed by atoms with Gasteiger partial charge in [-0.15, -0.1) is 0 Å². The maximum Gasteiger partial charge on any atom is 0.332 e.